The zero-order valence-electron chi connectivity index (χ0n) is 10.0. The SMILES string of the molecule is C=Cc1cc(F)c(C)c(C(C)(C)CC)c1. The Kier molecular flexibility index (Phi) is 3.33. The first-order valence-electron chi connectivity index (χ1n) is 5.35. The second kappa shape index (κ2) is 4.18. The molecule has 1 aromatic carbocycles. The minimum Gasteiger partial charge on any atom is -0.207 e. The third-order valence-corrected chi connectivity index (χ3v) is 3.22. The molecule has 1 aromatic rings. The van der Waals surface area contributed by atoms with E-state index in [1.165, 1.54) is 6.07 Å². The van der Waals surface area contributed by atoms with E-state index in [9.17, 15) is 4.39 Å². The highest BCUT2D eigenvalue weighted by molar-refractivity contribution is 5.51. The van der Waals surface area contributed by atoms with Gasteiger partial charge in [-0.05, 0) is 41.5 Å². The molecule has 0 saturated heterocycles. The van der Waals surface area contributed by atoms with Crippen LogP contribution in [0.4, 0.5) is 4.39 Å². The maximum Gasteiger partial charge on any atom is 0.127 e. The lowest BCUT2D eigenvalue weighted by molar-refractivity contribution is 0.495. The van der Waals surface area contributed by atoms with E-state index in [-0.39, 0.29) is 11.2 Å². The molecule has 82 valence electrons. The van der Waals surface area contributed by atoms with Crippen LogP contribution in [0, 0.1) is 12.7 Å². The molecule has 0 radical (unpaired) electrons. The van der Waals surface area contributed by atoms with Gasteiger partial charge in [-0.15, -0.1) is 0 Å². The van der Waals surface area contributed by atoms with Gasteiger partial charge in [-0.25, -0.2) is 4.39 Å². The van der Waals surface area contributed by atoms with Crippen molar-refractivity contribution in [2.45, 2.75) is 39.5 Å². The van der Waals surface area contributed by atoms with E-state index in [0.29, 0.717) is 0 Å². The van der Waals surface area contributed by atoms with Crippen LogP contribution in [0.1, 0.15) is 43.9 Å². The summed E-state index contributed by atoms with van der Waals surface area (Å²) in [4.78, 5) is 0. The molecule has 0 aliphatic heterocycles. The molecule has 0 unspecified atom stereocenters. The van der Waals surface area contributed by atoms with Crippen molar-refractivity contribution in [3.05, 3.63) is 41.2 Å². The fourth-order valence-electron chi connectivity index (χ4n) is 1.71. The summed E-state index contributed by atoms with van der Waals surface area (Å²) in [5.74, 6) is -0.135. The average molecular weight is 206 g/mol. The molecule has 0 heterocycles. The number of hydrogen-bond donors (Lipinski definition) is 0. The van der Waals surface area contributed by atoms with Gasteiger partial charge in [0.2, 0.25) is 0 Å². The van der Waals surface area contributed by atoms with Crippen LogP contribution >= 0.6 is 0 Å². The van der Waals surface area contributed by atoms with Crippen molar-refractivity contribution in [1.82, 2.24) is 0 Å². The standard InChI is InChI=1S/C14H19F/c1-6-11-8-12(14(4,5)7-2)10(3)13(15)9-11/h6,8-9H,1,7H2,2-5H3. The van der Waals surface area contributed by atoms with Gasteiger partial charge in [0, 0.05) is 0 Å². The second-order valence-electron chi connectivity index (χ2n) is 4.62. The van der Waals surface area contributed by atoms with Gasteiger partial charge in [-0.2, -0.15) is 0 Å². The van der Waals surface area contributed by atoms with Crippen molar-refractivity contribution >= 4 is 6.08 Å². The topological polar surface area (TPSA) is 0 Å². The summed E-state index contributed by atoms with van der Waals surface area (Å²) in [7, 11) is 0. The van der Waals surface area contributed by atoms with Gasteiger partial charge >= 0.3 is 0 Å². The molecule has 0 bridgehead atoms. The van der Waals surface area contributed by atoms with Crippen molar-refractivity contribution < 1.29 is 4.39 Å². The lowest BCUT2D eigenvalue weighted by Gasteiger charge is -2.26. The lowest BCUT2D eigenvalue weighted by Crippen LogP contribution is -2.18. The van der Waals surface area contributed by atoms with E-state index >= 15 is 0 Å². The van der Waals surface area contributed by atoms with Crippen LogP contribution in [0.2, 0.25) is 0 Å². The fourth-order valence-corrected chi connectivity index (χ4v) is 1.71. The smallest absolute Gasteiger partial charge is 0.127 e. The molecule has 0 aliphatic rings. The maximum absolute atomic E-state index is 13.6. The quantitative estimate of drug-likeness (QED) is 0.684. The summed E-state index contributed by atoms with van der Waals surface area (Å²) >= 11 is 0. The normalized spacial score (nSPS) is 11.5. The molecule has 0 saturated carbocycles. The van der Waals surface area contributed by atoms with Crippen LogP contribution in [-0.4, -0.2) is 0 Å². The first kappa shape index (κ1) is 12.0. The zero-order valence-corrected chi connectivity index (χ0v) is 10.0. The van der Waals surface area contributed by atoms with E-state index in [0.717, 1.165) is 23.1 Å². The molecule has 0 nitrogen and oxygen atoms in total. The Morgan fingerprint density at radius 2 is 2.00 bits per heavy atom. The predicted octanol–water partition coefficient (Wildman–Crippen LogP) is 4.46. The van der Waals surface area contributed by atoms with Gasteiger partial charge in [0.1, 0.15) is 5.82 Å². The summed E-state index contributed by atoms with van der Waals surface area (Å²) in [5.41, 5.74) is 2.71. The Morgan fingerprint density at radius 3 is 2.47 bits per heavy atom. The number of halogens is 1. The minimum atomic E-state index is -0.135. The lowest BCUT2D eigenvalue weighted by atomic mass is 9.79. The Balaban J connectivity index is 3.40. The van der Waals surface area contributed by atoms with Crippen LogP contribution in [0.15, 0.2) is 18.7 Å². The van der Waals surface area contributed by atoms with Gasteiger partial charge in [0.25, 0.3) is 0 Å². The molecule has 15 heavy (non-hydrogen) atoms. The Hall–Kier alpha value is -1.11. The molecule has 0 fully saturated rings. The van der Waals surface area contributed by atoms with E-state index in [2.05, 4.69) is 27.4 Å². The molecule has 1 rings (SSSR count). The molecule has 0 N–H and O–H groups in total. The first-order valence-corrected chi connectivity index (χ1v) is 5.35. The molecule has 1 heteroatoms. The minimum absolute atomic E-state index is 0.0178. The van der Waals surface area contributed by atoms with Crippen molar-refractivity contribution in [2.75, 3.05) is 0 Å². The fraction of sp³-hybridized carbons (Fsp3) is 0.429. The molecule has 0 atom stereocenters. The van der Waals surface area contributed by atoms with E-state index in [4.69, 9.17) is 0 Å². The van der Waals surface area contributed by atoms with Crippen molar-refractivity contribution in [2.24, 2.45) is 0 Å². The molecular weight excluding hydrogens is 187 g/mol. The summed E-state index contributed by atoms with van der Waals surface area (Å²) in [6.45, 7) is 11.9. The Labute approximate surface area is 91.8 Å². The van der Waals surface area contributed by atoms with E-state index in [1.807, 2.05) is 13.0 Å². The summed E-state index contributed by atoms with van der Waals surface area (Å²) in [5, 5.41) is 0. The monoisotopic (exact) mass is 206 g/mol. The Morgan fingerprint density at radius 1 is 1.40 bits per heavy atom. The predicted molar refractivity (Wildman–Crippen MR) is 64.5 cm³/mol. The van der Waals surface area contributed by atoms with Crippen LogP contribution < -0.4 is 0 Å². The van der Waals surface area contributed by atoms with Crippen molar-refractivity contribution in [3.8, 4) is 0 Å². The molecule has 0 aliphatic carbocycles. The Bertz CT molecular complexity index is 375. The summed E-state index contributed by atoms with van der Waals surface area (Å²) in [6, 6.07) is 3.58. The highest BCUT2D eigenvalue weighted by Gasteiger charge is 2.22. The maximum atomic E-state index is 13.6. The highest BCUT2D eigenvalue weighted by atomic mass is 19.1. The number of rotatable bonds is 3. The highest BCUT2D eigenvalue weighted by Crippen LogP contribution is 2.31. The van der Waals surface area contributed by atoms with Crippen LogP contribution in [0.25, 0.3) is 6.08 Å². The van der Waals surface area contributed by atoms with Gasteiger partial charge in [-0.1, -0.05) is 39.5 Å². The van der Waals surface area contributed by atoms with Crippen LogP contribution in [-0.2, 0) is 5.41 Å². The van der Waals surface area contributed by atoms with Crippen LogP contribution in [0.5, 0.6) is 0 Å². The van der Waals surface area contributed by atoms with Gasteiger partial charge in [-0.3, -0.25) is 0 Å². The molecule has 0 aromatic heterocycles. The van der Waals surface area contributed by atoms with E-state index < -0.39 is 0 Å². The third-order valence-electron chi connectivity index (χ3n) is 3.22. The first-order chi connectivity index (χ1) is 6.92. The van der Waals surface area contributed by atoms with Crippen molar-refractivity contribution in [3.63, 3.8) is 0 Å². The summed E-state index contributed by atoms with van der Waals surface area (Å²) in [6.07, 6.45) is 2.69. The van der Waals surface area contributed by atoms with Crippen LogP contribution in [0.3, 0.4) is 0 Å². The van der Waals surface area contributed by atoms with Gasteiger partial charge in [0.05, 0.1) is 0 Å². The third kappa shape index (κ3) is 2.28. The van der Waals surface area contributed by atoms with Gasteiger partial charge in [0.15, 0.2) is 0 Å². The molecule has 0 spiro atoms. The van der Waals surface area contributed by atoms with E-state index in [1.54, 1.807) is 6.08 Å². The molecule has 0 amide bonds. The average Bonchev–Trinajstić information content (AvgIpc) is 2.21. The largest absolute Gasteiger partial charge is 0.207 e. The number of hydrogen-bond acceptors (Lipinski definition) is 0. The van der Waals surface area contributed by atoms with Gasteiger partial charge < -0.3 is 0 Å². The zero-order chi connectivity index (χ0) is 11.6. The second-order valence-corrected chi connectivity index (χ2v) is 4.62. The summed E-state index contributed by atoms with van der Waals surface area (Å²) < 4.78 is 13.6. The number of benzene rings is 1. The van der Waals surface area contributed by atoms with Crippen molar-refractivity contribution in [1.29, 1.82) is 0 Å². The molecular formula is C14H19F.